The highest BCUT2D eigenvalue weighted by atomic mass is 35.5. The number of hydrogen-bond acceptors (Lipinski definition) is 3. The Hall–Kier alpha value is -1.30. The third kappa shape index (κ3) is 4.62. The summed E-state index contributed by atoms with van der Waals surface area (Å²) in [5.41, 5.74) is 2.97. The van der Waals surface area contributed by atoms with Gasteiger partial charge in [-0.1, -0.05) is 31.5 Å². The van der Waals surface area contributed by atoms with Gasteiger partial charge in [-0.3, -0.25) is 4.90 Å². The molecule has 0 aromatic heterocycles. The molecule has 1 aromatic rings. The molecule has 1 atom stereocenters. The van der Waals surface area contributed by atoms with Gasteiger partial charge in [0.25, 0.3) is 0 Å². The fourth-order valence-electron chi connectivity index (χ4n) is 3.16. The molecule has 0 spiro atoms. The fourth-order valence-corrected chi connectivity index (χ4v) is 3.45. The van der Waals surface area contributed by atoms with Gasteiger partial charge in [0.2, 0.25) is 0 Å². The van der Waals surface area contributed by atoms with Crippen LogP contribution in [0.3, 0.4) is 0 Å². The maximum Gasteiger partial charge on any atom is 0.321 e. The Morgan fingerprint density at radius 1 is 1.25 bits per heavy atom. The van der Waals surface area contributed by atoms with Gasteiger partial charge >= 0.3 is 6.03 Å². The average molecular weight is 354 g/mol. The lowest BCUT2D eigenvalue weighted by Gasteiger charge is -2.35. The summed E-state index contributed by atoms with van der Waals surface area (Å²) in [4.78, 5) is 16.7. The lowest BCUT2D eigenvalue weighted by molar-refractivity contribution is 0.0924. The van der Waals surface area contributed by atoms with E-state index in [2.05, 4.69) is 17.1 Å². The Kier molecular flexibility index (Phi) is 6.90. The van der Waals surface area contributed by atoms with E-state index in [1.165, 1.54) is 0 Å². The van der Waals surface area contributed by atoms with Crippen LogP contribution in [0.1, 0.15) is 31.9 Å². The maximum absolute atomic E-state index is 12.6. The molecule has 1 fully saturated rings. The molecule has 5 nitrogen and oxygen atoms in total. The summed E-state index contributed by atoms with van der Waals surface area (Å²) in [6.07, 6.45) is 1.29. The van der Waals surface area contributed by atoms with Crippen LogP contribution >= 0.6 is 11.6 Å². The predicted molar refractivity (Wildman–Crippen MR) is 98.9 cm³/mol. The van der Waals surface area contributed by atoms with E-state index >= 15 is 0 Å². The lowest BCUT2D eigenvalue weighted by Crippen LogP contribution is -2.51. The second-order valence-electron chi connectivity index (χ2n) is 6.33. The molecule has 0 bridgehead atoms. The first-order valence-electron chi connectivity index (χ1n) is 8.72. The topological polar surface area (TPSA) is 55.8 Å². The monoisotopic (exact) mass is 353 g/mol. The quantitative estimate of drug-likeness (QED) is 0.855. The van der Waals surface area contributed by atoms with E-state index in [1.807, 2.05) is 24.0 Å². The van der Waals surface area contributed by atoms with Crippen molar-refractivity contribution >= 4 is 23.3 Å². The van der Waals surface area contributed by atoms with Gasteiger partial charge in [-0.25, -0.2) is 4.79 Å². The average Bonchev–Trinajstić information content (AvgIpc) is 2.55. The van der Waals surface area contributed by atoms with Crippen LogP contribution in [0.5, 0.6) is 0 Å². The summed E-state index contributed by atoms with van der Waals surface area (Å²) in [5, 5.41) is 13.3. The predicted octanol–water partition coefficient (Wildman–Crippen LogP) is 3.00. The van der Waals surface area contributed by atoms with E-state index < -0.39 is 0 Å². The molecular weight excluding hydrogens is 326 g/mol. The first kappa shape index (κ1) is 19.0. The molecule has 2 amide bonds. The number of aryl methyl sites for hydroxylation is 1. The van der Waals surface area contributed by atoms with Gasteiger partial charge in [-0.05, 0) is 37.0 Å². The summed E-state index contributed by atoms with van der Waals surface area (Å²) >= 11 is 6.30. The van der Waals surface area contributed by atoms with Crippen molar-refractivity contribution in [2.45, 2.75) is 39.7 Å². The molecule has 0 aliphatic carbocycles. The highest BCUT2D eigenvalue weighted by Crippen LogP contribution is 2.29. The normalized spacial score (nSPS) is 17.0. The minimum atomic E-state index is -0.337. The molecule has 1 aliphatic rings. The van der Waals surface area contributed by atoms with E-state index in [9.17, 15) is 9.90 Å². The van der Waals surface area contributed by atoms with Gasteiger partial charge in [0.05, 0.1) is 11.8 Å². The highest BCUT2D eigenvalue weighted by molar-refractivity contribution is 6.31. The molecule has 24 heavy (non-hydrogen) atoms. The second kappa shape index (κ2) is 8.70. The zero-order valence-corrected chi connectivity index (χ0v) is 15.6. The summed E-state index contributed by atoms with van der Waals surface area (Å²) in [6.45, 7) is 9.48. The molecule has 1 aromatic carbocycles. The van der Waals surface area contributed by atoms with Crippen LogP contribution in [-0.4, -0.2) is 59.8 Å². The van der Waals surface area contributed by atoms with Crippen molar-refractivity contribution in [2.24, 2.45) is 0 Å². The Labute approximate surface area is 149 Å². The van der Waals surface area contributed by atoms with Gasteiger partial charge in [0.1, 0.15) is 0 Å². The number of β-amino-alcohol motifs (C(OH)–C–C–N with tert-alkyl or cyclic N) is 1. The summed E-state index contributed by atoms with van der Waals surface area (Å²) in [7, 11) is 0. The standard InChI is InChI=1S/C18H28ClN3O2/c1-4-14-6-7-16(19)15(5-2)17(14)20-18(24)22-10-8-21(9-11-22)12-13(3)23/h6-7,13,23H,4-5,8-12H2,1-3H3,(H,20,24)/t13-/m1/s1. The van der Waals surface area contributed by atoms with Crippen molar-refractivity contribution in [1.82, 2.24) is 9.80 Å². The number of aliphatic hydroxyl groups is 1. The van der Waals surface area contributed by atoms with Crippen LogP contribution in [0.4, 0.5) is 10.5 Å². The smallest absolute Gasteiger partial charge is 0.321 e. The van der Waals surface area contributed by atoms with Crippen molar-refractivity contribution in [3.8, 4) is 0 Å². The van der Waals surface area contributed by atoms with E-state index in [1.54, 1.807) is 6.92 Å². The van der Waals surface area contributed by atoms with Gasteiger partial charge < -0.3 is 15.3 Å². The number of rotatable bonds is 5. The highest BCUT2D eigenvalue weighted by Gasteiger charge is 2.23. The molecular formula is C18H28ClN3O2. The Balaban J connectivity index is 2.04. The van der Waals surface area contributed by atoms with Crippen molar-refractivity contribution in [2.75, 3.05) is 38.0 Å². The number of halogens is 1. The largest absolute Gasteiger partial charge is 0.392 e. The van der Waals surface area contributed by atoms with Crippen LogP contribution in [0.25, 0.3) is 0 Å². The molecule has 134 valence electrons. The zero-order valence-electron chi connectivity index (χ0n) is 14.8. The van der Waals surface area contributed by atoms with Gasteiger partial charge in [0, 0.05) is 37.7 Å². The number of aliphatic hydroxyl groups excluding tert-OH is 1. The van der Waals surface area contributed by atoms with E-state index in [-0.39, 0.29) is 12.1 Å². The summed E-state index contributed by atoms with van der Waals surface area (Å²) < 4.78 is 0. The lowest BCUT2D eigenvalue weighted by atomic mass is 10.0. The first-order valence-corrected chi connectivity index (χ1v) is 9.10. The summed E-state index contributed by atoms with van der Waals surface area (Å²) in [5.74, 6) is 0. The number of carbonyl (C=O) groups excluding carboxylic acids is 1. The van der Waals surface area contributed by atoms with Gasteiger partial charge in [0.15, 0.2) is 0 Å². The second-order valence-corrected chi connectivity index (χ2v) is 6.74. The number of urea groups is 1. The van der Waals surface area contributed by atoms with Crippen molar-refractivity contribution < 1.29 is 9.90 Å². The minimum Gasteiger partial charge on any atom is -0.392 e. The summed E-state index contributed by atoms with van der Waals surface area (Å²) in [6, 6.07) is 3.82. The molecule has 0 saturated carbocycles. The van der Waals surface area contributed by atoms with Crippen LogP contribution < -0.4 is 5.32 Å². The molecule has 0 unspecified atom stereocenters. The van der Waals surface area contributed by atoms with Crippen LogP contribution in [0.2, 0.25) is 5.02 Å². The van der Waals surface area contributed by atoms with Gasteiger partial charge in [-0.15, -0.1) is 0 Å². The number of amides is 2. The molecule has 0 radical (unpaired) electrons. The first-order chi connectivity index (χ1) is 11.5. The fraction of sp³-hybridized carbons (Fsp3) is 0.611. The SMILES string of the molecule is CCc1ccc(Cl)c(CC)c1NC(=O)N1CCN(C[C@@H](C)O)CC1. The number of carbonyl (C=O) groups is 1. The number of nitrogens with one attached hydrogen (secondary N) is 1. The Morgan fingerprint density at radius 2 is 1.92 bits per heavy atom. The van der Waals surface area contributed by atoms with Crippen molar-refractivity contribution in [3.05, 3.63) is 28.3 Å². The zero-order chi connectivity index (χ0) is 17.7. The van der Waals surface area contributed by atoms with Crippen LogP contribution in [0, 0.1) is 0 Å². The third-order valence-corrected chi connectivity index (χ3v) is 4.84. The molecule has 2 N–H and O–H groups in total. The van der Waals surface area contributed by atoms with Crippen LogP contribution in [-0.2, 0) is 12.8 Å². The number of hydrogen-bond donors (Lipinski definition) is 2. The Morgan fingerprint density at radius 3 is 2.46 bits per heavy atom. The molecule has 1 saturated heterocycles. The molecule has 1 heterocycles. The van der Waals surface area contributed by atoms with Crippen LogP contribution in [0.15, 0.2) is 12.1 Å². The number of benzene rings is 1. The van der Waals surface area contributed by atoms with Crippen molar-refractivity contribution in [3.63, 3.8) is 0 Å². The third-order valence-electron chi connectivity index (χ3n) is 4.49. The van der Waals surface area contributed by atoms with E-state index in [0.717, 1.165) is 42.7 Å². The number of anilines is 1. The van der Waals surface area contributed by atoms with E-state index in [0.29, 0.717) is 24.7 Å². The molecule has 6 heteroatoms. The maximum atomic E-state index is 12.6. The Bertz CT molecular complexity index is 570. The molecule has 1 aliphatic heterocycles. The molecule has 2 rings (SSSR count). The number of piperazine rings is 1. The van der Waals surface area contributed by atoms with E-state index in [4.69, 9.17) is 11.6 Å². The number of nitrogens with zero attached hydrogens (tertiary/aromatic N) is 2. The minimum absolute atomic E-state index is 0.0710. The van der Waals surface area contributed by atoms with Gasteiger partial charge in [-0.2, -0.15) is 0 Å². The van der Waals surface area contributed by atoms with Crippen molar-refractivity contribution in [1.29, 1.82) is 0 Å².